The number of nitrogens with zero attached hydrogens (tertiary/aromatic N) is 3. The largest absolute Gasteiger partial charge is 0.352 e. The second-order valence-electron chi connectivity index (χ2n) is 5.19. The summed E-state index contributed by atoms with van der Waals surface area (Å²) in [5.41, 5.74) is 0.448. The van der Waals surface area contributed by atoms with Gasteiger partial charge in [0.2, 0.25) is 5.91 Å². The molecule has 1 N–H and O–H groups in total. The van der Waals surface area contributed by atoms with E-state index in [0.717, 1.165) is 16.6 Å². The van der Waals surface area contributed by atoms with Gasteiger partial charge in [0, 0.05) is 17.6 Å². The van der Waals surface area contributed by atoms with Gasteiger partial charge >= 0.3 is 0 Å². The molecular weight excluding hydrogens is 300 g/mol. The SMILES string of the molecule is CC[C@H](C)NC(=O)Cn1cnc2c(sc3ncccc32)c1=O. The molecule has 0 aliphatic rings. The van der Waals surface area contributed by atoms with Crippen molar-refractivity contribution in [2.24, 2.45) is 0 Å². The fraction of sp³-hybridized carbons (Fsp3) is 0.333. The van der Waals surface area contributed by atoms with Crippen molar-refractivity contribution in [3.8, 4) is 0 Å². The number of hydrogen-bond donors (Lipinski definition) is 1. The molecule has 3 rings (SSSR count). The van der Waals surface area contributed by atoms with Gasteiger partial charge in [-0.05, 0) is 25.5 Å². The Morgan fingerprint density at radius 2 is 2.27 bits per heavy atom. The smallest absolute Gasteiger partial charge is 0.271 e. The molecule has 3 heterocycles. The summed E-state index contributed by atoms with van der Waals surface area (Å²) in [7, 11) is 0. The van der Waals surface area contributed by atoms with E-state index < -0.39 is 0 Å². The van der Waals surface area contributed by atoms with Gasteiger partial charge in [0.05, 0.1) is 11.8 Å². The van der Waals surface area contributed by atoms with Crippen LogP contribution in [0, 0.1) is 0 Å². The summed E-state index contributed by atoms with van der Waals surface area (Å²) in [5, 5.41) is 3.72. The molecule has 0 saturated carbocycles. The number of thiophene rings is 1. The summed E-state index contributed by atoms with van der Waals surface area (Å²) >= 11 is 1.31. The predicted molar refractivity (Wildman–Crippen MR) is 87.1 cm³/mol. The minimum Gasteiger partial charge on any atom is -0.352 e. The van der Waals surface area contributed by atoms with Crippen molar-refractivity contribution in [3.05, 3.63) is 35.0 Å². The summed E-state index contributed by atoms with van der Waals surface area (Å²) < 4.78 is 1.88. The second kappa shape index (κ2) is 5.84. The van der Waals surface area contributed by atoms with Crippen LogP contribution in [0.4, 0.5) is 0 Å². The van der Waals surface area contributed by atoms with Gasteiger partial charge in [-0.25, -0.2) is 9.97 Å². The number of nitrogens with one attached hydrogen (secondary N) is 1. The first kappa shape index (κ1) is 14.6. The predicted octanol–water partition coefficient (Wildman–Crippen LogP) is 1.92. The summed E-state index contributed by atoms with van der Waals surface area (Å²) in [6.07, 6.45) is 3.97. The summed E-state index contributed by atoms with van der Waals surface area (Å²) in [4.78, 5) is 33.8. The van der Waals surface area contributed by atoms with E-state index in [1.165, 1.54) is 22.2 Å². The van der Waals surface area contributed by atoms with Gasteiger partial charge in [0.15, 0.2) is 0 Å². The number of aromatic nitrogens is 3. The molecule has 7 heteroatoms. The molecule has 0 radical (unpaired) electrons. The van der Waals surface area contributed by atoms with Gasteiger partial charge < -0.3 is 5.32 Å². The molecule has 0 aliphatic heterocycles. The summed E-state index contributed by atoms with van der Waals surface area (Å²) in [6, 6.07) is 3.81. The lowest BCUT2D eigenvalue weighted by Gasteiger charge is -2.11. The molecular formula is C15H16N4O2S. The quantitative estimate of drug-likeness (QED) is 0.798. The topological polar surface area (TPSA) is 76.9 Å². The maximum Gasteiger partial charge on any atom is 0.271 e. The number of amides is 1. The Hall–Kier alpha value is -2.28. The lowest BCUT2D eigenvalue weighted by Crippen LogP contribution is -2.37. The molecule has 0 aliphatic carbocycles. The Morgan fingerprint density at radius 3 is 3.05 bits per heavy atom. The third-order valence-electron chi connectivity index (χ3n) is 3.56. The van der Waals surface area contributed by atoms with E-state index in [-0.39, 0.29) is 24.1 Å². The zero-order chi connectivity index (χ0) is 15.7. The molecule has 0 fully saturated rings. The van der Waals surface area contributed by atoms with Gasteiger partial charge in [-0.3, -0.25) is 14.2 Å². The van der Waals surface area contributed by atoms with E-state index in [0.29, 0.717) is 10.2 Å². The van der Waals surface area contributed by atoms with E-state index >= 15 is 0 Å². The van der Waals surface area contributed by atoms with Crippen molar-refractivity contribution in [2.75, 3.05) is 0 Å². The second-order valence-corrected chi connectivity index (χ2v) is 6.19. The van der Waals surface area contributed by atoms with Crippen LogP contribution in [0.5, 0.6) is 0 Å². The van der Waals surface area contributed by atoms with Crippen molar-refractivity contribution in [1.82, 2.24) is 19.9 Å². The average molecular weight is 316 g/mol. The Kier molecular flexibility index (Phi) is 3.89. The van der Waals surface area contributed by atoms with Crippen LogP contribution in [-0.2, 0) is 11.3 Å². The minimum atomic E-state index is -0.202. The zero-order valence-corrected chi connectivity index (χ0v) is 13.2. The molecule has 3 aromatic heterocycles. The molecule has 6 nitrogen and oxygen atoms in total. The lowest BCUT2D eigenvalue weighted by molar-refractivity contribution is -0.122. The molecule has 0 aromatic carbocycles. The Labute approximate surface area is 130 Å². The normalized spacial score (nSPS) is 12.6. The van der Waals surface area contributed by atoms with Gasteiger partial charge in [-0.1, -0.05) is 6.92 Å². The van der Waals surface area contributed by atoms with Crippen LogP contribution < -0.4 is 10.9 Å². The monoisotopic (exact) mass is 316 g/mol. The highest BCUT2D eigenvalue weighted by Crippen LogP contribution is 2.27. The first-order chi connectivity index (χ1) is 10.6. The van der Waals surface area contributed by atoms with Crippen molar-refractivity contribution < 1.29 is 4.79 Å². The van der Waals surface area contributed by atoms with E-state index in [9.17, 15) is 9.59 Å². The molecule has 0 spiro atoms. The van der Waals surface area contributed by atoms with Crippen LogP contribution in [0.25, 0.3) is 20.4 Å². The van der Waals surface area contributed by atoms with Crippen LogP contribution >= 0.6 is 11.3 Å². The number of carbonyl (C=O) groups excluding carboxylic acids is 1. The highest BCUT2D eigenvalue weighted by molar-refractivity contribution is 7.25. The average Bonchev–Trinajstić information content (AvgIpc) is 2.89. The van der Waals surface area contributed by atoms with Crippen molar-refractivity contribution in [3.63, 3.8) is 0 Å². The highest BCUT2D eigenvalue weighted by Gasteiger charge is 2.14. The summed E-state index contributed by atoms with van der Waals surface area (Å²) in [5.74, 6) is -0.183. The Bertz CT molecular complexity index is 899. The van der Waals surface area contributed by atoms with Gasteiger partial charge in [0.1, 0.15) is 16.1 Å². The molecule has 0 unspecified atom stereocenters. The standard InChI is InChI=1S/C15H16N4O2S/c1-3-9(2)18-11(20)7-19-8-17-12-10-5-4-6-16-14(10)22-13(12)15(19)21/h4-6,8-9H,3,7H2,1-2H3,(H,18,20)/t9-/m0/s1. The number of carbonyl (C=O) groups is 1. The number of hydrogen-bond acceptors (Lipinski definition) is 5. The third kappa shape index (κ3) is 2.59. The van der Waals surface area contributed by atoms with Crippen LogP contribution in [0.2, 0.25) is 0 Å². The van der Waals surface area contributed by atoms with Crippen LogP contribution in [0.3, 0.4) is 0 Å². The minimum absolute atomic E-state index is 0.0201. The van der Waals surface area contributed by atoms with Gasteiger partial charge in [0.25, 0.3) is 5.56 Å². The van der Waals surface area contributed by atoms with Crippen LogP contribution in [-0.4, -0.2) is 26.5 Å². The third-order valence-corrected chi connectivity index (χ3v) is 4.65. The number of fused-ring (bicyclic) bond motifs is 3. The van der Waals surface area contributed by atoms with Gasteiger partial charge in [-0.15, -0.1) is 11.3 Å². The Balaban J connectivity index is 1.98. The molecule has 0 bridgehead atoms. The molecule has 3 aromatic rings. The lowest BCUT2D eigenvalue weighted by atomic mass is 10.2. The van der Waals surface area contributed by atoms with E-state index in [4.69, 9.17) is 0 Å². The van der Waals surface area contributed by atoms with Crippen LogP contribution in [0.1, 0.15) is 20.3 Å². The zero-order valence-electron chi connectivity index (χ0n) is 12.4. The molecule has 22 heavy (non-hydrogen) atoms. The molecule has 1 amide bonds. The molecule has 0 saturated heterocycles. The fourth-order valence-corrected chi connectivity index (χ4v) is 3.24. The maximum atomic E-state index is 12.5. The van der Waals surface area contributed by atoms with E-state index in [1.54, 1.807) is 6.20 Å². The first-order valence-electron chi connectivity index (χ1n) is 7.12. The highest BCUT2D eigenvalue weighted by atomic mass is 32.1. The number of rotatable bonds is 4. The van der Waals surface area contributed by atoms with Gasteiger partial charge in [-0.2, -0.15) is 0 Å². The van der Waals surface area contributed by atoms with E-state index in [1.807, 2.05) is 26.0 Å². The first-order valence-corrected chi connectivity index (χ1v) is 7.93. The Morgan fingerprint density at radius 1 is 1.45 bits per heavy atom. The molecule has 1 atom stereocenters. The van der Waals surface area contributed by atoms with Crippen LogP contribution in [0.15, 0.2) is 29.5 Å². The van der Waals surface area contributed by atoms with E-state index in [2.05, 4.69) is 15.3 Å². The van der Waals surface area contributed by atoms with Crippen molar-refractivity contribution in [1.29, 1.82) is 0 Å². The fourth-order valence-electron chi connectivity index (χ4n) is 2.19. The maximum absolute atomic E-state index is 12.5. The summed E-state index contributed by atoms with van der Waals surface area (Å²) in [6.45, 7) is 3.91. The van der Waals surface area contributed by atoms with Crippen molar-refractivity contribution in [2.45, 2.75) is 32.9 Å². The van der Waals surface area contributed by atoms with Crippen molar-refractivity contribution >= 4 is 37.7 Å². The number of pyridine rings is 1. The molecule has 114 valence electrons.